The van der Waals surface area contributed by atoms with Crippen LogP contribution in [0.15, 0.2) is 12.2 Å². The average Bonchev–Trinajstić information content (AvgIpc) is 2.05. The minimum atomic E-state index is -1.10. The van der Waals surface area contributed by atoms with E-state index in [0.29, 0.717) is 6.42 Å². The van der Waals surface area contributed by atoms with Crippen LogP contribution in [0.3, 0.4) is 0 Å². The third-order valence-corrected chi connectivity index (χ3v) is 2.46. The highest BCUT2D eigenvalue weighted by atomic mass is 35.5. The van der Waals surface area contributed by atoms with E-state index in [9.17, 15) is 0 Å². The van der Waals surface area contributed by atoms with Crippen LogP contribution in [0.4, 0.5) is 0 Å². The van der Waals surface area contributed by atoms with Crippen LogP contribution < -0.4 is 0 Å². The van der Waals surface area contributed by atoms with Crippen molar-refractivity contribution in [3.8, 4) is 12.1 Å². The van der Waals surface area contributed by atoms with Gasteiger partial charge in [-0.15, -0.1) is 11.6 Å². The maximum absolute atomic E-state index is 8.69. The summed E-state index contributed by atoms with van der Waals surface area (Å²) in [6, 6.07) is 3.86. The third kappa shape index (κ3) is 1.72. The normalized spacial score (nSPS) is 40.0. The van der Waals surface area contributed by atoms with Gasteiger partial charge in [0.1, 0.15) is 4.87 Å². The van der Waals surface area contributed by atoms with Gasteiger partial charge in [-0.3, -0.25) is 0 Å². The lowest BCUT2D eigenvalue weighted by molar-refractivity contribution is 0.588. The summed E-state index contributed by atoms with van der Waals surface area (Å²) in [6.07, 6.45) is 3.89. The van der Waals surface area contributed by atoms with Gasteiger partial charge in [-0.2, -0.15) is 10.5 Å². The second kappa shape index (κ2) is 2.98. The largest absolute Gasteiger partial charge is 0.196 e. The van der Waals surface area contributed by atoms with E-state index in [0.717, 1.165) is 0 Å². The maximum atomic E-state index is 8.69. The molecule has 1 rings (SSSR count). The van der Waals surface area contributed by atoms with E-state index in [4.69, 9.17) is 33.7 Å². The van der Waals surface area contributed by atoms with Crippen molar-refractivity contribution in [1.82, 2.24) is 0 Å². The van der Waals surface area contributed by atoms with Gasteiger partial charge < -0.3 is 0 Å². The van der Waals surface area contributed by atoms with Gasteiger partial charge in [0, 0.05) is 6.42 Å². The molecule has 0 amide bonds. The van der Waals surface area contributed by atoms with E-state index >= 15 is 0 Å². The van der Waals surface area contributed by atoms with Crippen LogP contribution in [0.1, 0.15) is 12.8 Å². The monoisotopic (exact) mass is 200 g/mol. The van der Waals surface area contributed by atoms with Crippen molar-refractivity contribution in [1.29, 1.82) is 10.5 Å². The first kappa shape index (κ1) is 9.39. The molecule has 0 aliphatic heterocycles. The van der Waals surface area contributed by atoms with Gasteiger partial charge >= 0.3 is 0 Å². The van der Waals surface area contributed by atoms with Gasteiger partial charge in [0.15, 0.2) is 4.87 Å². The van der Waals surface area contributed by atoms with Crippen LogP contribution in [0, 0.1) is 22.7 Å². The minimum absolute atomic E-state index is 0.173. The van der Waals surface area contributed by atoms with Gasteiger partial charge in [0.05, 0.1) is 12.1 Å². The van der Waals surface area contributed by atoms with Crippen molar-refractivity contribution >= 4 is 23.2 Å². The van der Waals surface area contributed by atoms with Gasteiger partial charge in [-0.25, -0.2) is 0 Å². The van der Waals surface area contributed by atoms with Crippen molar-refractivity contribution in [3.63, 3.8) is 0 Å². The number of nitrogens with zero attached hydrogens (tertiary/aromatic N) is 2. The second-order valence-electron chi connectivity index (χ2n) is 2.83. The molecule has 0 saturated carbocycles. The molecule has 0 bridgehead atoms. The molecule has 0 fully saturated rings. The first-order valence-corrected chi connectivity index (χ1v) is 4.17. The summed E-state index contributed by atoms with van der Waals surface area (Å²) in [6.45, 7) is 0. The zero-order valence-corrected chi connectivity index (χ0v) is 7.73. The van der Waals surface area contributed by atoms with Crippen molar-refractivity contribution in [3.05, 3.63) is 12.2 Å². The predicted octanol–water partition coefficient (Wildman–Crippen LogP) is 2.34. The minimum Gasteiger partial charge on any atom is -0.196 e. The Bertz CT molecular complexity index is 299. The SMILES string of the molecule is N#CC1(Cl)C=CCC(Cl)(C#N)C1. The summed E-state index contributed by atoms with van der Waals surface area (Å²) in [5.74, 6) is 0. The molecular formula is C8H6Cl2N2. The molecular weight excluding hydrogens is 195 g/mol. The molecule has 0 heterocycles. The third-order valence-electron chi connectivity index (χ3n) is 1.75. The van der Waals surface area contributed by atoms with E-state index in [-0.39, 0.29) is 6.42 Å². The fraction of sp³-hybridized carbons (Fsp3) is 0.500. The maximum Gasteiger partial charge on any atom is 0.151 e. The first-order chi connectivity index (χ1) is 5.54. The van der Waals surface area contributed by atoms with Crippen LogP contribution in [0.5, 0.6) is 0 Å². The zero-order chi connectivity index (χ0) is 9.24. The smallest absolute Gasteiger partial charge is 0.151 e. The number of nitriles is 2. The molecule has 12 heavy (non-hydrogen) atoms. The molecule has 0 N–H and O–H groups in total. The van der Waals surface area contributed by atoms with Crippen molar-refractivity contribution in [2.45, 2.75) is 22.6 Å². The van der Waals surface area contributed by atoms with E-state index < -0.39 is 9.75 Å². The van der Waals surface area contributed by atoms with E-state index in [2.05, 4.69) is 0 Å². The van der Waals surface area contributed by atoms with Crippen molar-refractivity contribution in [2.24, 2.45) is 0 Å². The Hall–Kier alpha value is -0.700. The number of hydrogen-bond donors (Lipinski definition) is 0. The lowest BCUT2D eigenvalue weighted by Gasteiger charge is -2.27. The Morgan fingerprint density at radius 3 is 2.42 bits per heavy atom. The number of allylic oxidation sites excluding steroid dienone is 2. The molecule has 1 aliphatic rings. The van der Waals surface area contributed by atoms with E-state index in [1.165, 1.54) is 0 Å². The lowest BCUT2D eigenvalue weighted by Crippen LogP contribution is -2.33. The van der Waals surface area contributed by atoms with Crippen LogP contribution in [-0.4, -0.2) is 9.75 Å². The molecule has 1 aliphatic carbocycles. The summed E-state index contributed by atoms with van der Waals surface area (Å²) in [5.41, 5.74) is 0. The highest BCUT2D eigenvalue weighted by Crippen LogP contribution is 2.38. The summed E-state index contributed by atoms with van der Waals surface area (Å²) in [4.78, 5) is -2.11. The van der Waals surface area contributed by atoms with Crippen LogP contribution >= 0.6 is 23.2 Å². The summed E-state index contributed by atoms with van der Waals surface area (Å²) >= 11 is 11.7. The lowest BCUT2D eigenvalue weighted by atomic mass is 9.87. The molecule has 0 aromatic carbocycles. The predicted molar refractivity (Wildman–Crippen MR) is 46.8 cm³/mol. The Kier molecular flexibility index (Phi) is 2.33. The molecule has 62 valence electrons. The fourth-order valence-electron chi connectivity index (χ4n) is 1.13. The number of halogens is 2. The van der Waals surface area contributed by atoms with Gasteiger partial charge in [0.25, 0.3) is 0 Å². The molecule has 0 aromatic rings. The average molecular weight is 201 g/mol. The summed E-state index contributed by atoms with van der Waals surface area (Å²) < 4.78 is 0. The van der Waals surface area contributed by atoms with Crippen molar-refractivity contribution < 1.29 is 0 Å². The molecule has 0 radical (unpaired) electrons. The molecule has 4 heteroatoms. The molecule has 0 spiro atoms. The summed E-state index contributed by atoms with van der Waals surface area (Å²) in [5, 5.41) is 17.4. The molecule has 0 saturated heterocycles. The Morgan fingerprint density at radius 1 is 1.25 bits per heavy atom. The van der Waals surface area contributed by atoms with Crippen molar-refractivity contribution in [2.75, 3.05) is 0 Å². The van der Waals surface area contributed by atoms with Crippen LogP contribution in [-0.2, 0) is 0 Å². The van der Waals surface area contributed by atoms with E-state index in [1.807, 2.05) is 12.1 Å². The number of alkyl halides is 2. The Morgan fingerprint density at radius 2 is 1.92 bits per heavy atom. The number of hydrogen-bond acceptors (Lipinski definition) is 2. The van der Waals surface area contributed by atoms with Gasteiger partial charge in [0.2, 0.25) is 0 Å². The standard InChI is InChI=1S/C8H6Cl2N2/c9-7(5-11)2-1-3-8(10,4-7)6-12/h1-2H,3-4H2. The van der Waals surface area contributed by atoms with Crippen LogP contribution in [0.2, 0.25) is 0 Å². The molecule has 2 atom stereocenters. The highest BCUT2D eigenvalue weighted by Gasteiger charge is 2.40. The zero-order valence-electron chi connectivity index (χ0n) is 6.22. The van der Waals surface area contributed by atoms with E-state index in [1.54, 1.807) is 12.2 Å². The second-order valence-corrected chi connectivity index (χ2v) is 4.23. The van der Waals surface area contributed by atoms with Crippen LogP contribution in [0.25, 0.3) is 0 Å². The molecule has 2 unspecified atom stereocenters. The van der Waals surface area contributed by atoms with Gasteiger partial charge in [-0.05, 0) is 6.42 Å². The van der Waals surface area contributed by atoms with Gasteiger partial charge in [-0.1, -0.05) is 23.8 Å². The molecule has 2 nitrogen and oxygen atoms in total. The number of rotatable bonds is 0. The fourth-order valence-corrected chi connectivity index (χ4v) is 1.82. The quantitative estimate of drug-likeness (QED) is 0.446. The highest BCUT2D eigenvalue weighted by molar-refractivity contribution is 6.30. The Labute approximate surface area is 81.0 Å². The Balaban J connectivity index is 2.93. The first-order valence-electron chi connectivity index (χ1n) is 3.42. The summed E-state index contributed by atoms with van der Waals surface area (Å²) in [7, 11) is 0. The topological polar surface area (TPSA) is 47.6 Å². The molecule has 0 aromatic heterocycles.